The lowest BCUT2D eigenvalue weighted by molar-refractivity contribution is -0.158. The van der Waals surface area contributed by atoms with Crippen LogP contribution in [0.4, 0.5) is 0 Å². The molecule has 2 aliphatic rings. The summed E-state index contributed by atoms with van der Waals surface area (Å²) < 4.78 is 0. The number of carbonyl (C=O) groups excluding carboxylic acids is 4. The van der Waals surface area contributed by atoms with Gasteiger partial charge in [0.15, 0.2) is 0 Å². The molecule has 0 aromatic rings. The van der Waals surface area contributed by atoms with E-state index in [1.165, 1.54) is 4.90 Å². The molecule has 2 rings (SSSR count). The molecule has 110 valence electrons. The molecule has 1 unspecified atom stereocenters. The van der Waals surface area contributed by atoms with Crippen molar-refractivity contribution in [2.45, 2.75) is 19.4 Å². The molecule has 8 nitrogen and oxygen atoms in total. The Bertz CT molecular complexity index is 445. The highest BCUT2D eigenvalue weighted by atomic mass is 16.2. The van der Waals surface area contributed by atoms with Gasteiger partial charge in [-0.3, -0.25) is 24.5 Å². The van der Waals surface area contributed by atoms with E-state index in [0.29, 0.717) is 32.6 Å². The van der Waals surface area contributed by atoms with Gasteiger partial charge in [-0.05, 0) is 6.42 Å². The normalized spacial score (nSPS) is 23.6. The van der Waals surface area contributed by atoms with E-state index in [4.69, 9.17) is 0 Å². The van der Waals surface area contributed by atoms with Crippen LogP contribution >= 0.6 is 0 Å². The first-order valence-electron chi connectivity index (χ1n) is 6.69. The average molecular weight is 282 g/mol. The zero-order valence-electron chi connectivity index (χ0n) is 11.3. The van der Waals surface area contributed by atoms with E-state index in [1.807, 2.05) is 0 Å². The zero-order valence-corrected chi connectivity index (χ0v) is 11.3. The molecule has 0 spiro atoms. The Balaban J connectivity index is 2.10. The fourth-order valence-corrected chi connectivity index (χ4v) is 2.41. The van der Waals surface area contributed by atoms with Gasteiger partial charge in [0.2, 0.25) is 11.8 Å². The standard InChI is InChI=1S/C12H18N4O4/c1-2-8-10(18)14-9(17)7-16(8)12(20)11(19)15-5-3-13-4-6-15/h8,13H,2-7H2,1H3,(H,14,17,18). The molecule has 8 heteroatoms. The summed E-state index contributed by atoms with van der Waals surface area (Å²) in [7, 11) is 0. The maximum absolute atomic E-state index is 12.2. The lowest BCUT2D eigenvalue weighted by Gasteiger charge is -2.35. The van der Waals surface area contributed by atoms with E-state index in [9.17, 15) is 19.2 Å². The van der Waals surface area contributed by atoms with Gasteiger partial charge in [0.05, 0.1) is 0 Å². The van der Waals surface area contributed by atoms with Crippen LogP contribution in [0.15, 0.2) is 0 Å². The van der Waals surface area contributed by atoms with Crippen LogP contribution in [-0.2, 0) is 19.2 Å². The van der Waals surface area contributed by atoms with E-state index in [2.05, 4.69) is 10.6 Å². The van der Waals surface area contributed by atoms with Crippen LogP contribution in [-0.4, -0.2) is 72.2 Å². The second kappa shape index (κ2) is 6.00. The predicted molar refractivity (Wildman–Crippen MR) is 68.4 cm³/mol. The molecule has 0 radical (unpaired) electrons. The third kappa shape index (κ3) is 2.79. The molecule has 2 N–H and O–H groups in total. The molecule has 20 heavy (non-hydrogen) atoms. The van der Waals surface area contributed by atoms with Crippen molar-refractivity contribution in [3.63, 3.8) is 0 Å². The van der Waals surface area contributed by atoms with Crippen molar-refractivity contribution in [2.75, 3.05) is 32.7 Å². The van der Waals surface area contributed by atoms with Gasteiger partial charge in [-0.2, -0.15) is 0 Å². The van der Waals surface area contributed by atoms with Gasteiger partial charge >= 0.3 is 11.8 Å². The number of piperazine rings is 2. The van der Waals surface area contributed by atoms with E-state index in [-0.39, 0.29) is 6.54 Å². The first-order chi connectivity index (χ1) is 9.54. The Kier molecular flexibility index (Phi) is 4.33. The number of imide groups is 1. The topological polar surface area (TPSA) is 98.8 Å². The summed E-state index contributed by atoms with van der Waals surface area (Å²) >= 11 is 0. The summed E-state index contributed by atoms with van der Waals surface area (Å²) in [6.45, 7) is 3.66. The van der Waals surface area contributed by atoms with Gasteiger partial charge in [0.1, 0.15) is 12.6 Å². The van der Waals surface area contributed by atoms with Gasteiger partial charge in [-0.15, -0.1) is 0 Å². The minimum atomic E-state index is -0.776. The molecular formula is C12H18N4O4. The number of hydrogen-bond acceptors (Lipinski definition) is 5. The summed E-state index contributed by atoms with van der Waals surface area (Å²) in [5.74, 6) is -2.50. The summed E-state index contributed by atoms with van der Waals surface area (Å²) in [4.78, 5) is 50.0. The molecule has 1 atom stereocenters. The number of nitrogens with one attached hydrogen (secondary N) is 2. The summed E-state index contributed by atoms with van der Waals surface area (Å²) in [6, 6.07) is -0.757. The van der Waals surface area contributed by atoms with Crippen molar-refractivity contribution in [2.24, 2.45) is 0 Å². The number of carbonyl (C=O) groups is 4. The van der Waals surface area contributed by atoms with Gasteiger partial charge < -0.3 is 15.1 Å². The summed E-state index contributed by atoms with van der Waals surface area (Å²) in [6.07, 6.45) is 0.361. The molecule has 2 heterocycles. The van der Waals surface area contributed by atoms with E-state index >= 15 is 0 Å². The number of hydrogen-bond donors (Lipinski definition) is 2. The highest BCUT2D eigenvalue weighted by Crippen LogP contribution is 2.11. The smallest absolute Gasteiger partial charge is 0.313 e. The van der Waals surface area contributed by atoms with Gasteiger partial charge in [0.25, 0.3) is 0 Å². The van der Waals surface area contributed by atoms with Crippen LogP contribution in [0.25, 0.3) is 0 Å². The Morgan fingerprint density at radius 2 is 1.85 bits per heavy atom. The summed E-state index contributed by atoms with van der Waals surface area (Å²) in [5.41, 5.74) is 0. The molecule has 2 aliphatic heterocycles. The zero-order chi connectivity index (χ0) is 14.7. The van der Waals surface area contributed by atoms with Crippen LogP contribution in [0, 0.1) is 0 Å². The van der Waals surface area contributed by atoms with E-state index in [0.717, 1.165) is 4.90 Å². The van der Waals surface area contributed by atoms with Gasteiger partial charge in [-0.1, -0.05) is 6.92 Å². The fraction of sp³-hybridized carbons (Fsp3) is 0.667. The maximum Gasteiger partial charge on any atom is 0.313 e. The van der Waals surface area contributed by atoms with Crippen LogP contribution < -0.4 is 10.6 Å². The first kappa shape index (κ1) is 14.4. The van der Waals surface area contributed by atoms with Crippen molar-refractivity contribution >= 4 is 23.6 Å². The van der Waals surface area contributed by atoms with Crippen molar-refractivity contribution in [1.29, 1.82) is 0 Å². The van der Waals surface area contributed by atoms with Crippen molar-refractivity contribution in [3.8, 4) is 0 Å². The predicted octanol–water partition coefficient (Wildman–Crippen LogP) is -2.32. The van der Waals surface area contributed by atoms with Crippen LogP contribution in [0.1, 0.15) is 13.3 Å². The molecule has 4 amide bonds. The van der Waals surface area contributed by atoms with E-state index < -0.39 is 29.7 Å². The molecule has 2 saturated heterocycles. The Morgan fingerprint density at radius 1 is 1.20 bits per heavy atom. The third-order valence-electron chi connectivity index (χ3n) is 3.49. The molecular weight excluding hydrogens is 264 g/mol. The second-order valence-electron chi connectivity index (χ2n) is 4.81. The summed E-state index contributed by atoms with van der Waals surface area (Å²) in [5, 5.41) is 5.26. The van der Waals surface area contributed by atoms with Crippen molar-refractivity contribution in [3.05, 3.63) is 0 Å². The Labute approximate surface area is 116 Å². The van der Waals surface area contributed by atoms with Crippen LogP contribution in [0.2, 0.25) is 0 Å². The SMILES string of the molecule is CCC1C(=O)NC(=O)CN1C(=O)C(=O)N1CCNCC1. The Morgan fingerprint density at radius 3 is 2.45 bits per heavy atom. The molecule has 0 bridgehead atoms. The first-order valence-corrected chi connectivity index (χ1v) is 6.69. The highest BCUT2D eigenvalue weighted by Gasteiger charge is 2.39. The second-order valence-corrected chi connectivity index (χ2v) is 4.81. The lowest BCUT2D eigenvalue weighted by Crippen LogP contribution is -2.62. The lowest BCUT2D eigenvalue weighted by atomic mass is 10.1. The Hall–Kier alpha value is -1.96. The third-order valence-corrected chi connectivity index (χ3v) is 3.49. The highest BCUT2D eigenvalue weighted by molar-refractivity contribution is 6.36. The quantitative estimate of drug-likeness (QED) is 0.415. The van der Waals surface area contributed by atoms with E-state index in [1.54, 1.807) is 6.92 Å². The van der Waals surface area contributed by atoms with Crippen LogP contribution in [0.3, 0.4) is 0 Å². The monoisotopic (exact) mass is 282 g/mol. The fourth-order valence-electron chi connectivity index (χ4n) is 2.41. The molecule has 0 aromatic heterocycles. The largest absolute Gasteiger partial charge is 0.332 e. The maximum atomic E-state index is 12.2. The van der Waals surface area contributed by atoms with Crippen molar-refractivity contribution in [1.82, 2.24) is 20.4 Å². The number of rotatable bonds is 1. The average Bonchev–Trinajstić information content (AvgIpc) is 2.46. The van der Waals surface area contributed by atoms with Crippen molar-refractivity contribution < 1.29 is 19.2 Å². The van der Waals surface area contributed by atoms with Gasteiger partial charge in [0, 0.05) is 26.2 Å². The number of amides is 4. The molecule has 0 aromatic carbocycles. The molecule has 0 aliphatic carbocycles. The van der Waals surface area contributed by atoms with Gasteiger partial charge in [-0.25, -0.2) is 0 Å². The molecule has 0 saturated carbocycles. The molecule has 2 fully saturated rings. The minimum Gasteiger partial charge on any atom is -0.332 e. The number of nitrogens with zero attached hydrogens (tertiary/aromatic N) is 2. The minimum absolute atomic E-state index is 0.249. The van der Waals surface area contributed by atoms with Crippen LogP contribution in [0.5, 0.6) is 0 Å².